The molecule has 4 nitrogen and oxygen atoms in total. The number of rotatable bonds is 5. The lowest BCUT2D eigenvalue weighted by Crippen LogP contribution is -2.36. The molecule has 6 heteroatoms. The Labute approximate surface area is 156 Å². The molecule has 1 heterocycles. The Bertz CT molecular complexity index is 725. The molecule has 1 N–H and O–H groups in total. The second kappa shape index (κ2) is 7.70. The minimum atomic E-state index is -2.95. The van der Waals surface area contributed by atoms with E-state index >= 15 is 0 Å². The predicted octanol–water partition coefficient (Wildman–Crippen LogP) is 3.14. The molecule has 2 rings (SSSR count). The van der Waals surface area contributed by atoms with Crippen LogP contribution in [0.25, 0.3) is 0 Å². The van der Waals surface area contributed by atoms with E-state index in [4.69, 9.17) is 0 Å². The van der Waals surface area contributed by atoms with Crippen LogP contribution < -0.4 is 5.32 Å². The van der Waals surface area contributed by atoms with Crippen molar-refractivity contribution in [2.45, 2.75) is 58.2 Å². The fraction of sp³-hybridized carbons (Fsp3) is 0.632. The molecule has 1 atom stereocenters. The summed E-state index contributed by atoms with van der Waals surface area (Å²) in [7, 11) is -2.95. The van der Waals surface area contributed by atoms with Crippen molar-refractivity contribution in [1.82, 2.24) is 5.32 Å². The van der Waals surface area contributed by atoms with E-state index in [0.717, 1.165) is 5.75 Å². The largest absolute Gasteiger partial charge is 0.352 e. The first-order valence-corrected chi connectivity index (χ1v) is 11.6. The van der Waals surface area contributed by atoms with E-state index < -0.39 is 9.84 Å². The summed E-state index contributed by atoms with van der Waals surface area (Å²) < 4.78 is 22.9. The SMILES string of the molecule is Cc1cc(C(C)(C)C)cc(C)c1CSCC(=O)NC1CCS(=O)(=O)C1. The summed E-state index contributed by atoms with van der Waals surface area (Å²) in [5.74, 6) is 1.34. The van der Waals surface area contributed by atoms with Crippen LogP contribution in [-0.2, 0) is 25.8 Å². The first kappa shape index (κ1) is 20.3. The number of thioether (sulfide) groups is 1. The second-order valence-electron chi connectivity index (χ2n) is 8.00. The van der Waals surface area contributed by atoms with Crippen LogP contribution in [0.4, 0.5) is 0 Å². The fourth-order valence-corrected chi connectivity index (χ4v) is 5.78. The number of hydrogen-bond acceptors (Lipinski definition) is 4. The number of benzene rings is 1. The van der Waals surface area contributed by atoms with Crippen LogP contribution in [0.1, 0.15) is 49.4 Å². The molecule has 1 unspecified atom stereocenters. The van der Waals surface area contributed by atoms with E-state index in [2.05, 4.69) is 52.1 Å². The highest BCUT2D eigenvalue weighted by molar-refractivity contribution is 7.99. The van der Waals surface area contributed by atoms with E-state index in [1.165, 1.54) is 22.3 Å². The van der Waals surface area contributed by atoms with Gasteiger partial charge in [0.2, 0.25) is 5.91 Å². The van der Waals surface area contributed by atoms with E-state index in [1.807, 2.05) is 0 Å². The van der Waals surface area contributed by atoms with Crippen LogP contribution in [-0.4, -0.2) is 37.6 Å². The molecule has 0 aliphatic carbocycles. The topological polar surface area (TPSA) is 63.2 Å². The van der Waals surface area contributed by atoms with Crippen LogP contribution in [0.15, 0.2) is 12.1 Å². The lowest BCUT2D eigenvalue weighted by atomic mass is 9.84. The summed E-state index contributed by atoms with van der Waals surface area (Å²) in [5.41, 5.74) is 5.27. The van der Waals surface area contributed by atoms with Gasteiger partial charge in [0.25, 0.3) is 0 Å². The van der Waals surface area contributed by atoms with Crippen molar-refractivity contribution in [3.05, 3.63) is 34.4 Å². The zero-order valence-electron chi connectivity index (χ0n) is 15.8. The van der Waals surface area contributed by atoms with Crippen LogP contribution >= 0.6 is 11.8 Å². The molecule has 0 saturated carbocycles. The summed E-state index contributed by atoms with van der Waals surface area (Å²) in [4.78, 5) is 12.0. The zero-order valence-corrected chi connectivity index (χ0v) is 17.4. The Morgan fingerprint density at radius 2 is 1.84 bits per heavy atom. The molecule has 0 radical (unpaired) electrons. The molecule has 1 saturated heterocycles. The molecule has 1 aliphatic heterocycles. The molecule has 140 valence electrons. The van der Waals surface area contributed by atoms with E-state index in [-0.39, 0.29) is 28.9 Å². The highest BCUT2D eigenvalue weighted by Gasteiger charge is 2.28. The van der Waals surface area contributed by atoms with Crippen molar-refractivity contribution in [2.75, 3.05) is 17.3 Å². The number of amides is 1. The van der Waals surface area contributed by atoms with Crippen molar-refractivity contribution < 1.29 is 13.2 Å². The minimum absolute atomic E-state index is 0.0753. The third-order valence-electron chi connectivity index (χ3n) is 4.64. The Hall–Kier alpha value is -1.01. The molecular weight excluding hydrogens is 354 g/mol. The highest BCUT2D eigenvalue weighted by atomic mass is 32.2. The van der Waals surface area contributed by atoms with Gasteiger partial charge in [-0.3, -0.25) is 4.79 Å². The van der Waals surface area contributed by atoms with Gasteiger partial charge < -0.3 is 5.32 Å². The van der Waals surface area contributed by atoms with E-state index in [0.29, 0.717) is 12.2 Å². The number of carbonyl (C=O) groups excluding carboxylic acids is 1. The van der Waals surface area contributed by atoms with Gasteiger partial charge in [-0.05, 0) is 47.9 Å². The van der Waals surface area contributed by atoms with Gasteiger partial charge in [0.15, 0.2) is 9.84 Å². The van der Waals surface area contributed by atoms with E-state index in [1.54, 1.807) is 11.8 Å². The molecule has 0 aromatic heterocycles. The molecule has 1 aromatic carbocycles. The summed E-state index contributed by atoms with van der Waals surface area (Å²) >= 11 is 1.58. The van der Waals surface area contributed by atoms with Gasteiger partial charge in [0.1, 0.15) is 0 Å². The van der Waals surface area contributed by atoms with Crippen molar-refractivity contribution in [3.8, 4) is 0 Å². The molecule has 1 aliphatic rings. The maximum absolute atomic E-state index is 12.0. The van der Waals surface area contributed by atoms with E-state index in [9.17, 15) is 13.2 Å². The highest BCUT2D eigenvalue weighted by Crippen LogP contribution is 2.28. The molecule has 0 spiro atoms. The average molecular weight is 384 g/mol. The molecule has 1 fully saturated rings. The Kier molecular flexibility index (Phi) is 6.26. The van der Waals surface area contributed by atoms with Gasteiger partial charge in [0.05, 0.1) is 17.3 Å². The predicted molar refractivity (Wildman–Crippen MR) is 106 cm³/mol. The quantitative estimate of drug-likeness (QED) is 0.848. The lowest BCUT2D eigenvalue weighted by Gasteiger charge is -2.22. The number of nitrogens with one attached hydrogen (secondary N) is 1. The van der Waals surface area contributed by atoms with Crippen LogP contribution in [0, 0.1) is 13.8 Å². The first-order valence-electron chi connectivity index (χ1n) is 8.66. The first-order chi connectivity index (χ1) is 11.5. The van der Waals surface area contributed by atoms with Gasteiger partial charge in [0, 0.05) is 11.8 Å². The summed E-state index contributed by atoms with van der Waals surface area (Å²) in [5, 5.41) is 2.84. The van der Waals surface area contributed by atoms with Gasteiger partial charge >= 0.3 is 0 Å². The molecular formula is C19H29NO3S2. The van der Waals surface area contributed by atoms with Crippen LogP contribution in [0.2, 0.25) is 0 Å². The number of aryl methyl sites for hydroxylation is 2. The molecule has 1 amide bonds. The Morgan fingerprint density at radius 3 is 2.32 bits per heavy atom. The van der Waals surface area contributed by atoms with Crippen molar-refractivity contribution in [3.63, 3.8) is 0 Å². The van der Waals surface area contributed by atoms with Crippen LogP contribution in [0.3, 0.4) is 0 Å². The summed E-state index contributed by atoms with van der Waals surface area (Å²) in [6, 6.07) is 4.27. The summed E-state index contributed by atoms with van der Waals surface area (Å²) in [6.45, 7) is 10.9. The standard InChI is InChI=1S/C19H29NO3S2/c1-13-8-15(19(3,4)5)9-14(2)17(13)10-24-11-18(21)20-16-6-7-25(22,23)12-16/h8-9,16H,6-7,10-12H2,1-5H3,(H,20,21). The number of hydrogen-bond donors (Lipinski definition) is 1. The maximum Gasteiger partial charge on any atom is 0.230 e. The second-order valence-corrected chi connectivity index (χ2v) is 11.2. The normalized spacial score (nSPS) is 19.8. The number of carbonyl (C=O) groups is 1. The Balaban J connectivity index is 1.88. The lowest BCUT2D eigenvalue weighted by molar-refractivity contribution is -0.119. The monoisotopic (exact) mass is 383 g/mol. The van der Waals surface area contributed by atoms with Crippen molar-refractivity contribution >= 4 is 27.5 Å². The van der Waals surface area contributed by atoms with Crippen molar-refractivity contribution in [1.29, 1.82) is 0 Å². The third kappa shape index (κ3) is 5.74. The smallest absolute Gasteiger partial charge is 0.230 e. The van der Waals surface area contributed by atoms with Crippen LogP contribution in [0.5, 0.6) is 0 Å². The van der Waals surface area contributed by atoms with Gasteiger partial charge in [-0.25, -0.2) is 8.42 Å². The maximum atomic E-state index is 12.0. The third-order valence-corrected chi connectivity index (χ3v) is 7.37. The zero-order chi connectivity index (χ0) is 18.8. The van der Waals surface area contributed by atoms with Gasteiger partial charge in [-0.2, -0.15) is 0 Å². The number of sulfone groups is 1. The average Bonchev–Trinajstić information content (AvgIpc) is 2.79. The summed E-state index contributed by atoms with van der Waals surface area (Å²) in [6.07, 6.45) is 0.533. The van der Waals surface area contributed by atoms with Crippen molar-refractivity contribution in [2.24, 2.45) is 0 Å². The molecule has 25 heavy (non-hydrogen) atoms. The fourth-order valence-electron chi connectivity index (χ4n) is 3.08. The minimum Gasteiger partial charge on any atom is -0.352 e. The van der Waals surface area contributed by atoms with Gasteiger partial charge in [-0.15, -0.1) is 11.8 Å². The van der Waals surface area contributed by atoms with Gasteiger partial charge in [-0.1, -0.05) is 32.9 Å². The molecule has 1 aromatic rings. The Morgan fingerprint density at radius 1 is 1.24 bits per heavy atom. The molecule has 0 bridgehead atoms.